The summed E-state index contributed by atoms with van der Waals surface area (Å²) in [5.74, 6) is 0.780. The van der Waals surface area contributed by atoms with Gasteiger partial charge in [-0.05, 0) is 75.5 Å². The van der Waals surface area contributed by atoms with Gasteiger partial charge >= 0.3 is 0 Å². The van der Waals surface area contributed by atoms with Crippen LogP contribution in [-0.2, 0) is 0 Å². The summed E-state index contributed by atoms with van der Waals surface area (Å²) in [5, 5.41) is 5.11. The summed E-state index contributed by atoms with van der Waals surface area (Å²) in [4.78, 5) is 10.8. The summed E-state index contributed by atoms with van der Waals surface area (Å²) >= 11 is 0. The van der Waals surface area contributed by atoms with E-state index in [-0.39, 0.29) is 0 Å². The smallest absolute Gasteiger partial charge is 0.159 e. The molecule has 7 aromatic carbocycles. The average Bonchev–Trinajstić information content (AvgIpc) is 3.66. The Bertz CT molecular complexity index is 2800. The zero-order valence-electron chi connectivity index (χ0n) is 29.1. The van der Waals surface area contributed by atoms with Gasteiger partial charge < -0.3 is 4.57 Å². The van der Waals surface area contributed by atoms with Crippen molar-refractivity contribution in [3.8, 4) is 61.7 Å². The van der Waals surface area contributed by atoms with E-state index in [0.717, 1.165) is 39.5 Å². The Hall–Kier alpha value is -6.36. The van der Waals surface area contributed by atoms with E-state index >= 15 is 0 Å². The van der Waals surface area contributed by atoms with E-state index in [2.05, 4.69) is 194 Å². The second-order valence-corrected chi connectivity index (χ2v) is 18.5. The molecule has 0 fully saturated rings. The Morgan fingerprint density at radius 3 is 1.67 bits per heavy atom. The predicted molar refractivity (Wildman–Crippen MR) is 220 cm³/mol. The van der Waals surface area contributed by atoms with E-state index in [9.17, 15) is 0 Å². The van der Waals surface area contributed by atoms with Crippen LogP contribution >= 0.6 is 0 Å². The van der Waals surface area contributed by atoms with Crippen LogP contribution in [0.3, 0.4) is 0 Å². The fourth-order valence-corrected chi connectivity index (χ4v) is 11.1. The predicted octanol–water partition coefficient (Wildman–Crippen LogP) is 11.0. The van der Waals surface area contributed by atoms with Gasteiger partial charge in [0.1, 0.15) is 8.07 Å². The molecule has 1 aliphatic heterocycles. The summed E-state index contributed by atoms with van der Waals surface area (Å²) in [7, 11) is -2.05. The first-order valence-electron chi connectivity index (χ1n) is 17.9. The molecule has 1 aliphatic rings. The largest absolute Gasteiger partial charge is 0.309 e. The summed E-state index contributed by atoms with van der Waals surface area (Å²) in [6, 6.07) is 63.3. The summed E-state index contributed by atoms with van der Waals surface area (Å²) < 4.78 is 2.38. The number of hydrogen-bond donors (Lipinski definition) is 0. The molecule has 0 spiro atoms. The lowest BCUT2D eigenvalue weighted by Crippen LogP contribution is -2.50. The molecule has 9 aromatic rings. The van der Waals surface area contributed by atoms with Crippen LogP contribution in [0, 0.1) is 0 Å². The molecule has 0 bridgehead atoms. The van der Waals surface area contributed by atoms with Gasteiger partial charge in [0.15, 0.2) is 5.82 Å². The highest BCUT2D eigenvalue weighted by molar-refractivity contribution is 7.03. The van der Waals surface area contributed by atoms with Crippen molar-refractivity contribution < 1.29 is 0 Å². The Balaban J connectivity index is 1.15. The van der Waals surface area contributed by atoms with Crippen molar-refractivity contribution in [1.82, 2.24) is 14.5 Å². The van der Waals surface area contributed by atoms with Crippen molar-refractivity contribution >= 4 is 40.4 Å². The molecule has 0 atom stereocenters. The highest BCUT2D eigenvalue weighted by atomic mass is 28.3. The molecular weight excluding hydrogens is 647 g/mol. The van der Waals surface area contributed by atoms with Crippen LogP contribution in [0.15, 0.2) is 176 Å². The van der Waals surface area contributed by atoms with E-state index in [1.807, 2.05) is 0 Å². The van der Waals surface area contributed by atoms with Crippen LogP contribution in [0.1, 0.15) is 0 Å². The zero-order chi connectivity index (χ0) is 34.8. The van der Waals surface area contributed by atoms with Gasteiger partial charge in [-0.3, -0.25) is 0 Å². The highest BCUT2D eigenvalue weighted by Crippen LogP contribution is 2.39. The van der Waals surface area contributed by atoms with E-state index < -0.39 is 8.07 Å². The van der Waals surface area contributed by atoms with Crippen molar-refractivity contribution in [2.24, 2.45) is 0 Å². The van der Waals surface area contributed by atoms with E-state index in [0.29, 0.717) is 0 Å². The number of aromatic nitrogens is 3. The van der Waals surface area contributed by atoms with Crippen molar-refractivity contribution in [3.63, 3.8) is 0 Å². The first-order valence-corrected chi connectivity index (χ1v) is 20.9. The molecule has 3 heterocycles. The molecule has 52 heavy (non-hydrogen) atoms. The van der Waals surface area contributed by atoms with Crippen LogP contribution in [0.25, 0.3) is 83.5 Å². The van der Waals surface area contributed by atoms with Gasteiger partial charge in [-0.25, -0.2) is 9.97 Å². The SMILES string of the molecule is C[Si]1(C)c2ccccc2-c2c(-c3ccccc3)nc(-c3cccc(-c4ccc5c(c4)c4cc(-c6ccccc6)ccc4n5-c4ccccc4)c3)nc21. The van der Waals surface area contributed by atoms with Gasteiger partial charge in [-0.15, -0.1) is 0 Å². The third kappa shape index (κ3) is 4.79. The molecule has 0 aliphatic carbocycles. The maximum atomic E-state index is 5.43. The maximum Gasteiger partial charge on any atom is 0.159 e. The van der Waals surface area contributed by atoms with Crippen LogP contribution in [-0.4, -0.2) is 22.6 Å². The van der Waals surface area contributed by atoms with Gasteiger partial charge in [-0.1, -0.05) is 147 Å². The third-order valence-corrected chi connectivity index (χ3v) is 14.1. The van der Waals surface area contributed by atoms with Gasteiger partial charge in [0, 0.05) is 38.5 Å². The molecule has 0 saturated heterocycles. The third-order valence-electron chi connectivity index (χ3n) is 10.8. The lowest BCUT2D eigenvalue weighted by atomic mass is 9.98. The van der Waals surface area contributed by atoms with Crippen molar-refractivity contribution in [1.29, 1.82) is 0 Å². The van der Waals surface area contributed by atoms with Crippen LogP contribution in [0.5, 0.6) is 0 Å². The fraction of sp³-hybridized carbons (Fsp3) is 0.0417. The highest BCUT2D eigenvalue weighted by Gasteiger charge is 2.41. The number of para-hydroxylation sites is 1. The first kappa shape index (κ1) is 30.5. The standard InChI is InChI=1S/C48H35N3Si/c1-52(2)44-24-13-12-23-39(44)45-46(33-17-8-4-9-18-33)49-47(50-48(45)52)37-20-14-19-34(29-37)36-26-28-43-41(31-36)40-30-35(32-15-6-3-7-16-32)25-27-42(40)51(43)38-21-10-5-11-22-38/h3-31H,1-2H3. The van der Waals surface area contributed by atoms with Crippen molar-refractivity contribution in [3.05, 3.63) is 176 Å². The first-order chi connectivity index (χ1) is 25.5. The van der Waals surface area contributed by atoms with E-state index in [1.54, 1.807) is 0 Å². The topological polar surface area (TPSA) is 30.7 Å². The average molecular weight is 682 g/mol. The number of nitrogens with zero attached hydrogens (tertiary/aromatic N) is 3. The lowest BCUT2D eigenvalue weighted by Gasteiger charge is -2.19. The Morgan fingerprint density at radius 2 is 0.981 bits per heavy atom. The van der Waals surface area contributed by atoms with Gasteiger partial charge in [0.2, 0.25) is 0 Å². The molecule has 0 radical (unpaired) electrons. The molecule has 0 unspecified atom stereocenters. The van der Waals surface area contributed by atoms with Gasteiger partial charge in [-0.2, -0.15) is 0 Å². The number of fused-ring (bicyclic) bond motifs is 6. The van der Waals surface area contributed by atoms with Crippen LogP contribution < -0.4 is 10.5 Å². The molecule has 3 nitrogen and oxygen atoms in total. The van der Waals surface area contributed by atoms with Crippen LogP contribution in [0.4, 0.5) is 0 Å². The van der Waals surface area contributed by atoms with Crippen molar-refractivity contribution in [2.45, 2.75) is 13.1 Å². The molecule has 2 aromatic heterocycles. The summed E-state index contributed by atoms with van der Waals surface area (Å²) in [6.07, 6.45) is 0. The lowest BCUT2D eigenvalue weighted by molar-refractivity contribution is 1.18. The Morgan fingerprint density at radius 1 is 0.442 bits per heavy atom. The molecule has 246 valence electrons. The van der Waals surface area contributed by atoms with Crippen LogP contribution in [0.2, 0.25) is 13.1 Å². The second-order valence-electron chi connectivity index (χ2n) is 14.2. The summed E-state index contributed by atoms with van der Waals surface area (Å²) in [6.45, 7) is 4.84. The van der Waals surface area contributed by atoms with E-state index in [1.165, 1.54) is 54.6 Å². The molecule has 0 amide bonds. The fourth-order valence-electron chi connectivity index (χ4n) is 8.18. The quantitative estimate of drug-likeness (QED) is 0.169. The minimum absolute atomic E-state index is 0.780. The Kier molecular flexibility index (Phi) is 6.95. The molecule has 0 saturated carbocycles. The number of rotatable bonds is 5. The zero-order valence-corrected chi connectivity index (χ0v) is 30.1. The van der Waals surface area contributed by atoms with Gasteiger partial charge in [0.05, 0.1) is 16.7 Å². The van der Waals surface area contributed by atoms with Crippen molar-refractivity contribution in [2.75, 3.05) is 0 Å². The minimum atomic E-state index is -2.05. The second kappa shape index (κ2) is 11.9. The maximum absolute atomic E-state index is 5.43. The minimum Gasteiger partial charge on any atom is -0.309 e. The van der Waals surface area contributed by atoms with E-state index in [4.69, 9.17) is 9.97 Å². The molecule has 4 heteroatoms. The molecule has 10 rings (SSSR count). The molecular formula is C48H35N3Si. The summed E-state index contributed by atoms with van der Waals surface area (Å²) in [5.41, 5.74) is 13.9. The monoisotopic (exact) mass is 681 g/mol. The number of benzene rings is 7. The normalized spacial score (nSPS) is 13.0. The number of hydrogen-bond acceptors (Lipinski definition) is 2. The Labute approximate surface area is 304 Å². The van der Waals surface area contributed by atoms with Gasteiger partial charge in [0.25, 0.3) is 0 Å². The molecule has 0 N–H and O–H groups in total.